The van der Waals surface area contributed by atoms with E-state index >= 15 is 0 Å². The van der Waals surface area contributed by atoms with Gasteiger partial charge < -0.3 is 24.6 Å². The smallest absolute Gasteiger partial charge is 0.329 e. The largest absolute Gasteiger partial charge is 0.481 e. The van der Waals surface area contributed by atoms with Crippen LogP contribution >= 0.6 is 0 Å². The average Bonchev–Trinajstić information content (AvgIpc) is 2.46. The Hall–Kier alpha value is -2.62. The summed E-state index contributed by atoms with van der Waals surface area (Å²) in [6, 6.07) is 0.896. The Bertz CT molecular complexity index is 473. The van der Waals surface area contributed by atoms with Crippen LogP contribution in [0.2, 0.25) is 0 Å². The van der Waals surface area contributed by atoms with Crippen molar-refractivity contribution in [2.45, 2.75) is 0 Å². The number of urea groups is 1. The van der Waals surface area contributed by atoms with Crippen molar-refractivity contribution in [3.63, 3.8) is 0 Å². The lowest BCUT2D eigenvalue weighted by molar-refractivity contribution is -0.142. The second-order valence-corrected chi connectivity index (χ2v) is 3.60. The van der Waals surface area contributed by atoms with Crippen molar-refractivity contribution in [1.29, 1.82) is 0 Å². The van der Waals surface area contributed by atoms with E-state index in [2.05, 4.69) is 20.6 Å². The lowest BCUT2D eigenvalue weighted by atomic mass is 10.6. The van der Waals surface area contributed by atoms with Gasteiger partial charge in [0, 0.05) is 6.54 Å². The normalized spacial score (nSPS) is 9.81. The molecule has 0 fully saturated rings. The summed E-state index contributed by atoms with van der Waals surface area (Å²) in [5, 5.41) is 13.2. The van der Waals surface area contributed by atoms with Gasteiger partial charge in [-0.2, -0.15) is 9.97 Å². The minimum atomic E-state index is -1.07. The highest BCUT2D eigenvalue weighted by molar-refractivity contribution is 5.87. The maximum Gasteiger partial charge on any atom is 0.329 e. The summed E-state index contributed by atoms with van der Waals surface area (Å²) in [7, 11) is 2.84. The van der Waals surface area contributed by atoms with Crippen LogP contribution in [0.25, 0.3) is 0 Å². The van der Waals surface area contributed by atoms with Crippen LogP contribution in [0, 0.1) is 0 Å². The van der Waals surface area contributed by atoms with E-state index in [4.69, 9.17) is 19.3 Å². The van der Waals surface area contributed by atoms with E-state index in [1.54, 1.807) is 0 Å². The van der Waals surface area contributed by atoms with E-state index in [0.29, 0.717) is 0 Å². The molecule has 1 aromatic heterocycles. The molecule has 0 spiro atoms. The molecule has 0 saturated carbocycles. The fourth-order valence-electron chi connectivity index (χ4n) is 1.21. The monoisotopic (exact) mass is 300 g/mol. The van der Waals surface area contributed by atoms with Crippen molar-refractivity contribution in [3.05, 3.63) is 6.07 Å². The molecule has 1 aromatic rings. The first kappa shape index (κ1) is 16.4. The minimum Gasteiger partial charge on any atom is -0.481 e. The number of rotatable bonds is 8. The summed E-state index contributed by atoms with van der Waals surface area (Å²) in [5.74, 6) is -0.588. The number of ether oxygens (including phenoxy) is 3. The predicted octanol–water partition coefficient (Wildman–Crippen LogP) is -0.283. The minimum absolute atomic E-state index is 0.00940. The molecule has 0 aliphatic rings. The number of hydrogen-bond acceptors (Lipinski definition) is 7. The first-order valence-corrected chi connectivity index (χ1v) is 5.86. The van der Waals surface area contributed by atoms with Gasteiger partial charge in [-0.25, -0.2) is 9.59 Å². The molecular formula is C11H16N4O6. The van der Waals surface area contributed by atoms with E-state index in [0.717, 1.165) is 0 Å². The van der Waals surface area contributed by atoms with E-state index in [-0.39, 0.29) is 30.9 Å². The van der Waals surface area contributed by atoms with Crippen LogP contribution < -0.4 is 20.1 Å². The Balaban J connectivity index is 2.42. The number of amides is 2. The van der Waals surface area contributed by atoms with Gasteiger partial charge in [0.1, 0.15) is 6.61 Å². The molecule has 0 atom stereocenters. The van der Waals surface area contributed by atoms with Crippen LogP contribution in [-0.2, 0) is 9.53 Å². The van der Waals surface area contributed by atoms with Crippen LogP contribution in [-0.4, -0.2) is 61.1 Å². The molecule has 0 radical (unpaired) electrons. The predicted molar refractivity (Wildman–Crippen MR) is 70.6 cm³/mol. The van der Waals surface area contributed by atoms with Crippen molar-refractivity contribution in [1.82, 2.24) is 15.3 Å². The zero-order valence-electron chi connectivity index (χ0n) is 11.6. The molecule has 1 rings (SSSR count). The van der Waals surface area contributed by atoms with Crippen LogP contribution in [0.4, 0.5) is 10.7 Å². The molecule has 0 aromatic carbocycles. The Morgan fingerprint density at radius 2 is 1.86 bits per heavy atom. The molecular weight excluding hydrogens is 284 g/mol. The Morgan fingerprint density at radius 3 is 2.38 bits per heavy atom. The van der Waals surface area contributed by atoms with Gasteiger partial charge in [-0.15, -0.1) is 0 Å². The van der Waals surface area contributed by atoms with Gasteiger partial charge in [0.25, 0.3) is 0 Å². The fourth-order valence-corrected chi connectivity index (χ4v) is 1.21. The van der Waals surface area contributed by atoms with Crippen molar-refractivity contribution in [2.75, 3.05) is 39.3 Å². The molecule has 1 heterocycles. The first-order chi connectivity index (χ1) is 10.0. The van der Waals surface area contributed by atoms with Crippen molar-refractivity contribution >= 4 is 17.9 Å². The summed E-state index contributed by atoms with van der Waals surface area (Å²) in [5.41, 5.74) is 0. The quantitative estimate of drug-likeness (QED) is 0.558. The number of carbonyl (C=O) groups excluding carboxylic acids is 1. The number of nitrogens with zero attached hydrogens (tertiary/aromatic N) is 2. The van der Waals surface area contributed by atoms with Crippen LogP contribution in [0.5, 0.6) is 11.8 Å². The van der Waals surface area contributed by atoms with E-state index in [9.17, 15) is 9.59 Å². The van der Waals surface area contributed by atoms with Crippen LogP contribution in [0.1, 0.15) is 0 Å². The lowest BCUT2D eigenvalue weighted by Crippen LogP contribution is -2.32. The summed E-state index contributed by atoms with van der Waals surface area (Å²) < 4.78 is 14.6. The number of methoxy groups -OCH3 is 2. The highest BCUT2D eigenvalue weighted by Gasteiger charge is 2.08. The third-order valence-corrected chi connectivity index (χ3v) is 2.08. The van der Waals surface area contributed by atoms with Gasteiger partial charge in [-0.05, 0) is 0 Å². The van der Waals surface area contributed by atoms with E-state index in [1.807, 2.05) is 0 Å². The summed E-state index contributed by atoms with van der Waals surface area (Å²) >= 11 is 0. The molecule has 2 amide bonds. The van der Waals surface area contributed by atoms with Gasteiger partial charge >= 0.3 is 12.0 Å². The molecule has 10 nitrogen and oxygen atoms in total. The Labute approximate surface area is 120 Å². The Kier molecular flexibility index (Phi) is 6.68. The van der Waals surface area contributed by atoms with Crippen LogP contribution in [0.15, 0.2) is 6.07 Å². The molecule has 10 heteroatoms. The summed E-state index contributed by atoms with van der Waals surface area (Å²) in [4.78, 5) is 29.6. The van der Waals surface area contributed by atoms with Crippen LogP contribution in [0.3, 0.4) is 0 Å². The second-order valence-electron chi connectivity index (χ2n) is 3.60. The van der Waals surface area contributed by atoms with E-state index < -0.39 is 18.6 Å². The van der Waals surface area contributed by atoms with Gasteiger partial charge in [-0.1, -0.05) is 0 Å². The summed E-state index contributed by atoms with van der Waals surface area (Å²) in [6.07, 6.45) is 0. The maximum atomic E-state index is 11.6. The van der Waals surface area contributed by atoms with Gasteiger partial charge in [0.15, 0.2) is 0 Å². The SMILES string of the molecule is COc1cc(OC)nc(NC(=O)NCCOCC(=O)O)n1. The molecule has 0 saturated heterocycles. The number of carboxylic acid groups (broad SMARTS) is 1. The highest BCUT2D eigenvalue weighted by Crippen LogP contribution is 2.16. The molecule has 21 heavy (non-hydrogen) atoms. The summed E-state index contributed by atoms with van der Waals surface area (Å²) in [6.45, 7) is -0.207. The zero-order chi connectivity index (χ0) is 15.7. The van der Waals surface area contributed by atoms with Crippen molar-refractivity contribution in [3.8, 4) is 11.8 Å². The molecule has 0 bridgehead atoms. The van der Waals surface area contributed by atoms with Crippen molar-refractivity contribution in [2.24, 2.45) is 0 Å². The van der Waals surface area contributed by atoms with E-state index in [1.165, 1.54) is 20.3 Å². The molecule has 3 N–H and O–H groups in total. The number of nitrogens with one attached hydrogen (secondary N) is 2. The number of aromatic nitrogens is 2. The second kappa shape index (κ2) is 8.53. The number of carbonyl (C=O) groups is 2. The first-order valence-electron chi connectivity index (χ1n) is 5.86. The van der Waals surface area contributed by atoms with Gasteiger partial charge in [0.05, 0.1) is 26.9 Å². The topological polar surface area (TPSA) is 132 Å². The standard InChI is InChI=1S/C11H16N4O6/c1-19-7-5-8(20-2)14-10(13-7)15-11(18)12-3-4-21-6-9(16)17/h5H,3-4,6H2,1-2H3,(H,16,17)(H2,12,13,14,15,18). The maximum absolute atomic E-state index is 11.6. The molecule has 0 aliphatic heterocycles. The van der Waals surface area contributed by atoms with Gasteiger partial charge in [-0.3, -0.25) is 5.32 Å². The van der Waals surface area contributed by atoms with Gasteiger partial charge in [0.2, 0.25) is 17.7 Å². The average molecular weight is 300 g/mol. The molecule has 0 aliphatic carbocycles. The lowest BCUT2D eigenvalue weighted by Gasteiger charge is -2.08. The highest BCUT2D eigenvalue weighted by atomic mass is 16.5. The molecule has 116 valence electrons. The third-order valence-electron chi connectivity index (χ3n) is 2.08. The third kappa shape index (κ3) is 6.38. The number of carboxylic acids is 1. The Morgan fingerprint density at radius 1 is 1.24 bits per heavy atom. The number of aliphatic carboxylic acids is 1. The fraction of sp³-hybridized carbons (Fsp3) is 0.455. The zero-order valence-corrected chi connectivity index (χ0v) is 11.6. The number of anilines is 1. The van der Waals surface area contributed by atoms with Crippen molar-refractivity contribution < 1.29 is 28.9 Å². The molecule has 0 unspecified atom stereocenters. The number of hydrogen-bond donors (Lipinski definition) is 3.